The van der Waals surface area contributed by atoms with Gasteiger partial charge in [0.1, 0.15) is 12.4 Å². The minimum Gasteiger partial charge on any atom is -0.481 e. The second-order valence-corrected chi connectivity index (χ2v) is 3.37. The molecular formula is C13H18ClNO. The number of hydrogen-bond acceptors (Lipinski definition) is 2. The van der Waals surface area contributed by atoms with Gasteiger partial charge < -0.3 is 10.1 Å². The maximum Gasteiger partial charge on any atom is 0.149 e. The van der Waals surface area contributed by atoms with E-state index in [-0.39, 0.29) is 12.4 Å². The first-order valence-corrected chi connectivity index (χ1v) is 5.05. The third-order valence-corrected chi connectivity index (χ3v) is 2.24. The van der Waals surface area contributed by atoms with Gasteiger partial charge in [-0.25, -0.2) is 0 Å². The second kappa shape index (κ2) is 8.04. The van der Waals surface area contributed by atoms with Gasteiger partial charge in [0.25, 0.3) is 0 Å². The lowest BCUT2D eigenvalue weighted by Gasteiger charge is -2.07. The molecule has 0 spiro atoms. The molecule has 16 heavy (non-hydrogen) atoms. The van der Waals surface area contributed by atoms with Crippen molar-refractivity contribution >= 4 is 12.4 Å². The van der Waals surface area contributed by atoms with Crippen molar-refractivity contribution in [3.05, 3.63) is 29.3 Å². The Morgan fingerprint density at radius 2 is 2.00 bits per heavy atom. The molecule has 3 heteroatoms. The number of hydrogen-bond donors (Lipinski definition) is 1. The fourth-order valence-corrected chi connectivity index (χ4v) is 1.20. The van der Waals surface area contributed by atoms with Crippen LogP contribution in [0.3, 0.4) is 0 Å². The van der Waals surface area contributed by atoms with Crippen molar-refractivity contribution in [2.75, 3.05) is 20.2 Å². The normalized spacial score (nSPS) is 8.69. The Labute approximate surface area is 104 Å². The van der Waals surface area contributed by atoms with Gasteiger partial charge in [-0.05, 0) is 38.1 Å². The Hall–Kier alpha value is -1.17. The zero-order valence-corrected chi connectivity index (χ0v) is 10.8. The van der Waals surface area contributed by atoms with E-state index in [4.69, 9.17) is 4.74 Å². The lowest BCUT2D eigenvalue weighted by Crippen LogP contribution is -2.05. The van der Waals surface area contributed by atoms with E-state index in [2.05, 4.69) is 37.1 Å². The molecule has 1 rings (SSSR count). The average molecular weight is 240 g/mol. The first-order valence-electron chi connectivity index (χ1n) is 5.05. The predicted octanol–water partition coefficient (Wildman–Crippen LogP) is 2.33. The molecule has 0 unspecified atom stereocenters. The summed E-state index contributed by atoms with van der Waals surface area (Å²) in [6.07, 6.45) is 0. The van der Waals surface area contributed by atoms with Crippen molar-refractivity contribution < 1.29 is 4.74 Å². The van der Waals surface area contributed by atoms with E-state index in [1.165, 1.54) is 11.1 Å². The summed E-state index contributed by atoms with van der Waals surface area (Å²) in [6.45, 7) is 5.29. The van der Waals surface area contributed by atoms with Gasteiger partial charge in [0, 0.05) is 0 Å². The summed E-state index contributed by atoms with van der Waals surface area (Å²) in [5.41, 5.74) is 2.43. The highest BCUT2D eigenvalue weighted by Gasteiger charge is 1.99. The summed E-state index contributed by atoms with van der Waals surface area (Å²) in [5, 5.41) is 2.96. The van der Waals surface area contributed by atoms with E-state index < -0.39 is 0 Å². The Morgan fingerprint density at radius 1 is 1.25 bits per heavy atom. The van der Waals surface area contributed by atoms with Crippen molar-refractivity contribution in [1.82, 2.24) is 5.32 Å². The van der Waals surface area contributed by atoms with Crippen LogP contribution >= 0.6 is 12.4 Å². The number of rotatable bonds is 3. The van der Waals surface area contributed by atoms with Crippen LogP contribution in [0.15, 0.2) is 18.2 Å². The number of aryl methyl sites for hydroxylation is 1. The fourth-order valence-electron chi connectivity index (χ4n) is 1.20. The Kier molecular flexibility index (Phi) is 7.45. The maximum atomic E-state index is 5.56. The molecular weight excluding hydrogens is 222 g/mol. The Bertz CT molecular complexity index is 379. The molecule has 0 aliphatic rings. The number of halogens is 1. The van der Waals surface area contributed by atoms with E-state index in [9.17, 15) is 0 Å². The first kappa shape index (κ1) is 14.8. The van der Waals surface area contributed by atoms with E-state index in [1.54, 1.807) is 0 Å². The summed E-state index contributed by atoms with van der Waals surface area (Å²) < 4.78 is 5.56. The number of ether oxygens (including phenoxy) is 1. The molecule has 2 nitrogen and oxygen atoms in total. The van der Waals surface area contributed by atoms with Gasteiger partial charge in [-0.15, -0.1) is 12.4 Å². The van der Waals surface area contributed by atoms with Crippen LogP contribution in [-0.2, 0) is 0 Å². The van der Waals surface area contributed by atoms with Crippen molar-refractivity contribution in [3.63, 3.8) is 0 Å². The molecule has 0 saturated carbocycles. The summed E-state index contributed by atoms with van der Waals surface area (Å²) in [6, 6.07) is 6.05. The second-order valence-electron chi connectivity index (χ2n) is 3.37. The van der Waals surface area contributed by atoms with E-state index in [0.29, 0.717) is 13.2 Å². The van der Waals surface area contributed by atoms with Crippen molar-refractivity contribution in [2.24, 2.45) is 0 Å². The standard InChI is InChI=1S/C13H17NO.ClH/c1-11-7-6-8-13(12(11)2)15-10-5-4-9-14-3;/h6-8,14H,9-10H2,1-3H3;1H. The summed E-state index contributed by atoms with van der Waals surface area (Å²) in [7, 11) is 1.88. The van der Waals surface area contributed by atoms with Crippen LogP contribution in [0.1, 0.15) is 11.1 Å². The predicted molar refractivity (Wildman–Crippen MR) is 70.4 cm³/mol. The molecule has 88 valence electrons. The first-order chi connectivity index (χ1) is 7.25. The molecule has 0 amide bonds. The van der Waals surface area contributed by atoms with E-state index in [0.717, 1.165) is 5.75 Å². The zero-order chi connectivity index (χ0) is 11.1. The summed E-state index contributed by atoms with van der Waals surface area (Å²) in [5.74, 6) is 6.82. The highest BCUT2D eigenvalue weighted by Crippen LogP contribution is 2.19. The van der Waals surface area contributed by atoms with E-state index in [1.807, 2.05) is 19.2 Å². The SMILES string of the molecule is CNCC#CCOc1cccc(C)c1C.Cl. The third kappa shape index (κ3) is 4.57. The molecule has 0 bridgehead atoms. The summed E-state index contributed by atoms with van der Waals surface area (Å²) in [4.78, 5) is 0. The Balaban J connectivity index is 0.00000225. The topological polar surface area (TPSA) is 21.3 Å². The molecule has 0 heterocycles. The van der Waals surface area contributed by atoms with Crippen molar-refractivity contribution in [2.45, 2.75) is 13.8 Å². The van der Waals surface area contributed by atoms with Gasteiger partial charge in [0.2, 0.25) is 0 Å². The quantitative estimate of drug-likeness (QED) is 0.818. The monoisotopic (exact) mass is 239 g/mol. The summed E-state index contributed by atoms with van der Waals surface area (Å²) >= 11 is 0. The molecule has 0 aliphatic carbocycles. The zero-order valence-electron chi connectivity index (χ0n) is 9.96. The van der Waals surface area contributed by atoms with Crippen LogP contribution in [-0.4, -0.2) is 20.2 Å². The fraction of sp³-hybridized carbons (Fsp3) is 0.385. The molecule has 0 fully saturated rings. The van der Waals surface area contributed by atoms with Crippen LogP contribution in [0.25, 0.3) is 0 Å². The molecule has 1 N–H and O–H groups in total. The van der Waals surface area contributed by atoms with Crippen molar-refractivity contribution in [3.8, 4) is 17.6 Å². The van der Waals surface area contributed by atoms with Gasteiger partial charge in [-0.2, -0.15) is 0 Å². The van der Waals surface area contributed by atoms with Gasteiger partial charge in [0.15, 0.2) is 0 Å². The van der Waals surface area contributed by atoms with E-state index >= 15 is 0 Å². The minimum atomic E-state index is 0. The molecule has 0 radical (unpaired) electrons. The minimum absolute atomic E-state index is 0. The average Bonchev–Trinajstić information content (AvgIpc) is 2.24. The third-order valence-electron chi connectivity index (χ3n) is 2.24. The van der Waals surface area contributed by atoms with Gasteiger partial charge in [-0.3, -0.25) is 0 Å². The smallest absolute Gasteiger partial charge is 0.149 e. The van der Waals surface area contributed by atoms with Gasteiger partial charge in [0.05, 0.1) is 6.54 Å². The van der Waals surface area contributed by atoms with Gasteiger partial charge in [-0.1, -0.05) is 24.0 Å². The maximum absolute atomic E-state index is 5.56. The van der Waals surface area contributed by atoms with Crippen LogP contribution in [0.2, 0.25) is 0 Å². The number of benzene rings is 1. The Morgan fingerprint density at radius 3 is 2.69 bits per heavy atom. The van der Waals surface area contributed by atoms with Crippen LogP contribution < -0.4 is 10.1 Å². The molecule has 0 atom stereocenters. The number of nitrogens with one attached hydrogen (secondary N) is 1. The highest BCUT2D eigenvalue weighted by atomic mass is 35.5. The molecule has 1 aromatic rings. The lowest BCUT2D eigenvalue weighted by molar-refractivity contribution is 0.367. The molecule has 0 aliphatic heterocycles. The van der Waals surface area contributed by atoms with Crippen LogP contribution in [0, 0.1) is 25.7 Å². The lowest BCUT2D eigenvalue weighted by atomic mass is 10.1. The molecule has 1 aromatic carbocycles. The molecule has 0 aromatic heterocycles. The largest absolute Gasteiger partial charge is 0.481 e. The van der Waals surface area contributed by atoms with Crippen LogP contribution in [0.4, 0.5) is 0 Å². The van der Waals surface area contributed by atoms with Crippen molar-refractivity contribution in [1.29, 1.82) is 0 Å². The van der Waals surface area contributed by atoms with Gasteiger partial charge >= 0.3 is 0 Å². The molecule has 0 saturated heterocycles. The highest BCUT2D eigenvalue weighted by molar-refractivity contribution is 5.85. The van der Waals surface area contributed by atoms with Crippen LogP contribution in [0.5, 0.6) is 5.75 Å².